The molecule has 122 valence electrons. The Bertz CT molecular complexity index is 471. The number of carbonyl (C=O) groups is 3. The average molecular weight is 308 g/mol. The maximum Gasteiger partial charge on any atom is 0.307 e. The number of likely N-dealkylation sites (tertiary alicyclic amines) is 2. The number of carboxylic acid groups (broad SMARTS) is 1. The predicted octanol–water partition coefficient (Wildman–Crippen LogP) is 0.958. The van der Waals surface area contributed by atoms with Crippen LogP contribution >= 0.6 is 0 Å². The molecule has 2 heterocycles. The van der Waals surface area contributed by atoms with Gasteiger partial charge in [-0.1, -0.05) is 0 Å². The van der Waals surface area contributed by atoms with Gasteiger partial charge in [0, 0.05) is 32.6 Å². The van der Waals surface area contributed by atoms with E-state index in [1.807, 2.05) is 9.80 Å². The molecule has 0 radical (unpaired) electrons. The molecule has 3 aliphatic rings. The van der Waals surface area contributed by atoms with Crippen molar-refractivity contribution in [2.45, 2.75) is 38.5 Å². The van der Waals surface area contributed by atoms with E-state index in [9.17, 15) is 14.4 Å². The van der Waals surface area contributed by atoms with Crippen LogP contribution < -0.4 is 0 Å². The van der Waals surface area contributed by atoms with E-state index in [-0.39, 0.29) is 17.7 Å². The van der Waals surface area contributed by atoms with Crippen molar-refractivity contribution in [3.05, 3.63) is 0 Å². The van der Waals surface area contributed by atoms with Crippen molar-refractivity contribution in [3.63, 3.8) is 0 Å². The van der Waals surface area contributed by atoms with Gasteiger partial charge in [0.1, 0.15) is 0 Å². The van der Waals surface area contributed by atoms with Crippen molar-refractivity contribution in [1.82, 2.24) is 9.80 Å². The van der Waals surface area contributed by atoms with Gasteiger partial charge in [-0.2, -0.15) is 0 Å². The summed E-state index contributed by atoms with van der Waals surface area (Å²) in [6.07, 6.45) is 5.11. The lowest BCUT2D eigenvalue weighted by Crippen LogP contribution is -2.44. The van der Waals surface area contributed by atoms with Gasteiger partial charge in [-0.05, 0) is 38.0 Å². The molecule has 0 unspecified atom stereocenters. The van der Waals surface area contributed by atoms with Crippen LogP contribution in [0.4, 0.5) is 0 Å². The summed E-state index contributed by atoms with van der Waals surface area (Å²) in [6.45, 7) is 3.10. The highest BCUT2D eigenvalue weighted by atomic mass is 16.4. The average Bonchev–Trinajstić information content (AvgIpc) is 3.30. The summed E-state index contributed by atoms with van der Waals surface area (Å²) in [6, 6.07) is 0. The molecule has 0 aromatic carbocycles. The van der Waals surface area contributed by atoms with Crippen molar-refractivity contribution in [2.24, 2.45) is 17.8 Å². The number of rotatable bonds is 4. The summed E-state index contributed by atoms with van der Waals surface area (Å²) < 4.78 is 0. The Labute approximate surface area is 130 Å². The van der Waals surface area contributed by atoms with Crippen molar-refractivity contribution < 1.29 is 19.5 Å². The summed E-state index contributed by atoms with van der Waals surface area (Å²) in [5, 5.41) is 8.91. The number of hydrogen-bond donors (Lipinski definition) is 1. The summed E-state index contributed by atoms with van der Waals surface area (Å²) in [4.78, 5) is 38.7. The predicted molar refractivity (Wildman–Crippen MR) is 79.0 cm³/mol. The zero-order valence-corrected chi connectivity index (χ0v) is 12.9. The lowest BCUT2D eigenvalue weighted by molar-refractivity contribution is -0.142. The maximum atomic E-state index is 12.2. The molecule has 22 heavy (non-hydrogen) atoms. The Morgan fingerprint density at radius 2 is 1.82 bits per heavy atom. The van der Waals surface area contributed by atoms with Gasteiger partial charge in [-0.3, -0.25) is 14.4 Å². The van der Waals surface area contributed by atoms with E-state index >= 15 is 0 Å². The van der Waals surface area contributed by atoms with Gasteiger partial charge in [0.25, 0.3) is 0 Å². The third kappa shape index (κ3) is 3.25. The first-order valence-corrected chi connectivity index (χ1v) is 8.35. The summed E-state index contributed by atoms with van der Waals surface area (Å²) in [5.74, 6) is -0.849. The normalized spacial score (nSPS) is 29.5. The van der Waals surface area contributed by atoms with Gasteiger partial charge < -0.3 is 14.9 Å². The summed E-state index contributed by atoms with van der Waals surface area (Å²) >= 11 is 0. The van der Waals surface area contributed by atoms with Crippen LogP contribution in [-0.2, 0) is 14.4 Å². The van der Waals surface area contributed by atoms with Gasteiger partial charge >= 0.3 is 5.97 Å². The minimum absolute atomic E-state index is 0.0138. The van der Waals surface area contributed by atoms with Crippen molar-refractivity contribution in [3.8, 4) is 0 Å². The smallest absolute Gasteiger partial charge is 0.307 e. The zero-order chi connectivity index (χ0) is 15.7. The first kappa shape index (κ1) is 15.3. The lowest BCUT2D eigenvalue weighted by atomic mass is 9.95. The largest absolute Gasteiger partial charge is 0.481 e. The molecular formula is C16H24N2O4. The van der Waals surface area contributed by atoms with Gasteiger partial charge in [-0.15, -0.1) is 0 Å². The van der Waals surface area contributed by atoms with E-state index in [0.29, 0.717) is 31.8 Å². The number of piperidine rings is 2. The third-order valence-corrected chi connectivity index (χ3v) is 5.25. The molecule has 6 heteroatoms. The molecule has 0 aromatic rings. The SMILES string of the molecule is O=C(O)[C@H]1C[C@H]1C(=O)N1CCC(CN2CCCCC2=O)CC1. The highest BCUT2D eigenvalue weighted by Crippen LogP contribution is 2.40. The Kier molecular flexibility index (Phi) is 4.36. The van der Waals surface area contributed by atoms with Crippen molar-refractivity contribution >= 4 is 17.8 Å². The Morgan fingerprint density at radius 1 is 1.09 bits per heavy atom. The number of carbonyl (C=O) groups excluding carboxylic acids is 2. The fourth-order valence-corrected chi connectivity index (χ4v) is 3.68. The second-order valence-corrected chi connectivity index (χ2v) is 6.85. The highest BCUT2D eigenvalue weighted by molar-refractivity contribution is 5.89. The monoisotopic (exact) mass is 308 g/mol. The molecule has 2 saturated heterocycles. The van der Waals surface area contributed by atoms with Gasteiger partial charge in [0.05, 0.1) is 11.8 Å². The van der Waals surface area contributed by atoms with Crippen LogP contribution in [0.3, 0.4) is 0 Å². The van der Waals surface area contributed by atoms with Gasteiger partial charge in [0.15, 0.2) is 0 Å². The molecule has 2 amide bonds. The Balaban J connectivity index is 1.43. The molecule has 0 bridgehead atoms. The van der Waals surface area contributed by atoms with Crippen LogP contribution in [0.1, 0.15) is 38.5 Å². The molecule has 2 atom stereocenters. The van der Waals surface area contributed by atoms with E-state index in [4.69, 9.17) is 5.11 Å². The van der Waals surface area contributed by atoms with E-state index in [2.05, 4.69) is 0 Å². The van der Waals surface area contributed by atoms with Crippen LogP contribution in [0.15, 0.2) is 0 Å². The van der Waals surface area contributed by atoms with Crippen LogP contribution in [0.25, 0.3) is 0 Å². The Morgan fingerprint density at radius 3 is 2.41 bits per heavy atom. The Hall–Kier alpha value is -1.59. The molecule has 0 spiro atoms. The summed E-state index contributed by atoms with van der Waals surface area (Å²) in [5.41, 5.74) is 0. The van der Waals surface area contributed by atoms with E-state index in [1.165, 1.54) is 0 Å². The third-order valence-electron chi connectivity index (χ3n) is 5.25. The van der Waals surface area contributed by atoms with Crippen LogP contribution in [0.2, 0.25) is 0 Å². The standard InChI is InChI=1S/C16H24N2O4/c19-14-3-1-2-6-18(14)10-11-4-7-17(8-5-11)15(20)12-9-13(12)16(21)22/h11-13H,1-10H2,(H,21,22)/t12-,13+/m1/s1. The second-order valence-electron chi connectivity index (χ2n) is 6.85. The van der Waals surface area contributed by atoms with Gasteiger partial charge in [0.2, 0.25) is 11.8 Å². The fourth-order valence-electron chi connectivity index (χ4n) is 3.68. The molecule has 1 saturated carbocycles. The number of hydrogen-bond acceptors (Lipinski definition) is 3. The van der Waals surface area contributed by atoms with Crippen molar-refractivity contribution in [1.29, 1.82) is 0 Å². The fraction of sp³-hybridized carbons (Fsp3) is 0.812. The summed E-state index contributed by atoms with van der Waals surface area (Å²) in [7, 11) is 0. The van der Waals surface area contributed by atoms with E-state index in [0.717, 1.165) is 38.8 Å². The molecule has 3 rings (SSSR count). The maximum absolute atomic E-state index is 12.2. The molecule has 1 N–H and O–H groups in total. The number of aliphatic carboxylic acids is 1. The molecular weight excluding hydrogens is 284 g/mol. The van der Waals surface area contributed by atoms with Crippen LogP contribution in [-0.4, -0.2) is 58.9 Å². The zero-order valence-electron chi connectivity index (χ0n) is 12.9. The second kappa shape index (κ2) is 6.26. The van der Waals surface area contributed by atoms with E-state index in [1.54, 1.807) is 0 Å². The molecule has 2 aliphatic heterocycles. The molecule has 3 fully saturated rings. The first-order valence-electron chi connectivity index (χ1n) is 8.35. The molecule has 6 nitrogen and oxygen atoms in total. The minimum atomic E-state index is -0.850. The van der Waals surface area contributed by atoms with Crippen LogP contribution in [0, 0.1) is 17.8 Å². The lowest BCUT2D eigenvalue weighted by Gasteiger charge is -2.36. The van der Waals surface area contributed by atoms with Gasteiger partial charge in [-0.25, -0.2) is 0 Å². The quantitative estimate of drug-likeness (QED) is 0.839. The van der Waals surface area contributed by atoms with E-state index < -0.39 is 11.9 Å². The molecule has 0 aromatic heterocycles. The molecule has 1 aliphatic carbocycles. The number of amides is 2. The number of carboxylic acids is 1. The first-order chi connectivity index (χ1) is 10.6. The minimum Gasteiger partial charge on any atom is -0.481 e. The van der Waals surface area contributed by atoms with Crippen molar-refractivity contribution in [2.75, 3.05) is 26.2 Å². The highest BCUT2D eigenvalue weighted by Gasteiger charge is 2.50. The van der Waals surface area contributed by atoms with Crippen LogP contribution in [0.5, 0.6) is 0 Å². The topological polar surface area (TPSA) is 77.9 Å². The number of nitrogens with zero attached hydrogens (tertiary/aromatic N) is 2.